The fraction of sp³-hybridized carbons (Fsp3) is 0.500. The molecule has 0 nitrogen and oxygen atoms in total. The molecule has 0 saturated carbocycles. The van der Waals surface area contributed by atoms with E-state index in [1.807, 2.05) is 13.8 Å². The molecular weight excluding hydrogens is 224 g/mol. The van der Waals surface area contributed by atoms with Crippen LogP contribution in [0.4, 0.5) is 0 Å². The van der Waals surface area contributed by atoms with Gasteiger partial charge in [0.1, 0.15) is 11.5 Å². The molecule has 2 rings (SSSR count). The van der Waals surface area contributed by atoms with Crippen molar-refractivity contribution in [3.05, 3.63) is 41.5 Å². The van der Waals surface area contributed by atoms with Gasteiger partial charge < -0.3 is 0 Å². The molecule has 0 bridgehead atoms. The summed E-state index contributed by atoms with van der Waals surface area (Å²) in [5, 5.41) is 0. The summed E-state index contributed by atoms with van der Waals surface area (Å²) >= 11 is 0. The van der Waals surface area contributed by atoms with E-state index in [4.69, 9.17) is 0 Å². The Balaban J connectivity index is 0.000000686. The van der Waals surface area contributed by atoms with Gasteiger partial charge in [-0.3, -0.25) is 0 Å². The van der Waals surface area contributed by atoms with Crippen LogP contribution in [0, 0.1) is 6.92 Å². The van der Waals surface area contributed by atoms with E-state index in [0.717, 1.165) is 0 Å². The number of allylic oxidation sites excluding steroid dienone is 1. The SMILES string of the molecule is C/C=C(\c1ccccc1C)[S+]1CCCC1.CC. The number of rotatable bonds is 2. The van der Waals surface area contributed by atoms with Crippen molar-refractivity contribution in [2.75, 3.05) is 11.5 Å². The third-order valence-corrected chi connectivity index (χ3v) is 5.66. The zero-order valence-electron chi connectivity index (χ0n) is 11.6. The smallest absolute Gasteiger partial charge is 0.0683 e. The molecule has 1 aromatic rings. The van der Waals surface area contributed by atoms with Gasteiger partial charge >= 0.3 is 0 Å². The maximum atomic E-state index is 2.33. The van der Waals surface area contributed by atoms with Crippen LogP contribution >= 0.6 is 0 Å². The first-order chi connectivity index (χ1) is 8.33. The number of benzene rings is 1. The predicted molar refractivity (Wildman–Crippen MR) is 82.5 cm³/mol. The molecule has 1 heterocycles. The van der Waals surface area contributed by atoms with Gasteiger partial charge in [0.15, 0.2) is 4.91 Å². The molecule has 0 unspecified atom stereocenters. The van der Waals surface area contributed by atoms with Crippen LogP contribution < -0.4 is 0 Å². The van der Waals surface area contributed by atoms with Crippen LogP contribution in [0.5, 0.6) is 0 Å². The predicted octanol–water partition coefficient (Wildman–Crippen LogP) is 4.79. The van der Waals surface area contributed by atoms with Crippen molar-refractivity contribution in [1.29, 1.82) is 0 Å². The van der Waals surface area contributed by atoms with Gasteiger partial charge in [-0.2, -0.15) is 0 Å². The van der Waals surface area contributed by atoms with Gasteiger partial charge in [-0.1, -0.05) is 32.0 Å². The van der Waals surface area contributed by atoms with Crippen LogP contribution in [-0.2, 0) is 10.9 Å². The first-order valence-electron chi connectivity index (χ1n) is 6.72. The third-order valence-electron chi connectivity index (χ3n) is 3.02. The van der Waals surface area contributed by atoms with Gasteiger partial charge in [0.2, 0.25) is 0 Å². The van der Waals surface area contributed by atoms with Crippen molar-refractivity contribution in [2.24, 2.45) is 0 Å². The Hall–Kier alpha value is -0.690. The highest BCUT2D eigenvalue weighted by molar-refractivity contribution is 8.05. The number of hydrogen-bond acceptors (Lipinski definition) is 0. The van der Waals surface area contributed by atoms with Crippen molar-refractivity contribution in [1.82, 2.24) is 0 Å². The minimum Gasteiger partial charge on any atom is -0.0683 e. The van der Waals surface area contributed by atoms with Gasteiger partial charge in [-0.15, -0.1) is 0 Å². The average molecular weight is 249 g/mol. The van der Waals surface area contributed by atoms with Gasteiger partial charge in [-0.05, 0) is 44.4 Å². The summed E-state index contributed by atoms with van der Waals surface area (Å²) in [6, 6.07) is 8.78. The second-order valence-electron chi connectivity index (χ2n) is 4.08. The molecule has 0 amide bonds. The monoisotopic (exact) mass is 249 g/mol. The summed E-state index contributed by atoms with van der Waals surface area (Å²) in [6.07, 6.45) is 5.18. The summed E-state index contributed by atoms with van der Waals surface area (Å²) in [5.41, 5.74) is 2.90. The van der Waals surface area contributed by atoms with Crippen LogP contribution in [0.3, 0.4) is 0 Å². The van der Waals surface area contributed by atoms with E-state index >= 15 is 0 Å². The highest BCUT2D eigenvalue weighted by Gasteiger charge is 2.30. The van der Waals surface area contributed by atoms with Crippen LogP contribution in [0.1, 0.15) is 44.7 Å². The minimum absolute atomic E-state index is 0.535. The van der Waals surface area contributed by atoms with E-state index in [2.05, 4.69) is 44.2 Å². The second-order valence-corrected chi connectivity index (χ2v) is 6.32. The maximum absolute atomic E-state index is 2.33. The number of hydrogen-bond donors (Lipinski definition) is 0. The highest BCUT2D eigenvalue weighted by atomic mass is 32.2. The molecule has 1 aliphatic rings. The summed E-state index contributed by atoms with van der Waals surface area (Å²) in [6.45, 7) is 8.41. The topological polar surface area (TPSA) is 0 Å². The minimum atomic E-state index is 0.535. The van der Waals surface area contributed by atoms with E-state index < -0.39 is 0 Å². The highest BCUT2D eigenvalue weighted by Crippen LogP contribution is 2.31. The lowest BCUT2D eigenvalue weighted by atomic mass is 10.1. The molecule has 17 heavy (non-hydrogen) atoms. The van der Waals surface area contributed by atoms with Crippen LogP contribution in [0.15, 0.2) is 30.3 Å². The van der Waals surface area contributed by atoms with Gasteiger partial charge in [-0.25, -0.2) is 0 Å². The van der Waals surface area contributed by atoms with Crippen molar-refractivity contribution in [3.8, 4) is 0 Å². The second kappa shape index (κ2) is 7.60. The largest absolute Gasteiger partial charge is 0.158 e. The molecule has 1 heteroatoms. The molecule has 0 spiro atoms. The molecular formula is C16H25S+. The van der Waals surface area contributed by atoms with E-state index in [1.54, 1.807) is 4.91 Å². The van der Waals surface area contributed by atoms with Crippen molar-refractivity contribution >= 4 is 15.8 Å². The molecule has 1 saturated heterocycles. The summed E-state index contributed by atoms with van der Waals surface area (Å²) < 4.78 is 0. The fourth-order valence-electron chi connectivity index (χ4n) is 2.20. The Kier molecular flexibility index (Phi) is 6.43. The molecule has 0 atom stereocenters. The lowest BCUT2D eigenvalue weighted by molar-refractivity contribution is 0.949. The number of aryl methyl sites for hydroxylation is 1. The Labute approximate surface area is 109 Å². The third kappa shape index (κ3) is 3.64. The Morgan fingerprint density at radius 1 is 1.12 bits per heavy atom. The quantitative estimate of drug-likeness (QED) is 0.661. The van der Waals surface area contributed by atoms with Crippen molar-refractivity contribution < 1.29 is 0 Å². The van der Waals surface area contributed by atoms with Crippen molar-refractivity contribution in [3.63, 3.8) is 0 Å². The molecule has 1 aromatic carbocycles. The van der Waals surface area contributed by atoms with E-state index in [9.17, 15) is 0 Å². The van der Waals surface area contributed by atoms with Crippen LogP contribution in [-0.4, -0.2) is 11.5 Å². The zero-order valence-corrected chi connectivity index (χ0v) is 12.4. The maximum Gasteiger partial charge on any atom is 0.158 e. The fourth-order valence-corrected chi connectivity index (χ4v) is 4.82. The Morgan fingerprint density at radius 3 is 2.24 bits per heavy atom. The summed E-state index contributed by atoms with van der Waals surface area (Å²) in [4.78, 5) is 1.60. The molecule has 1 fully saturated rings. The van der Waals surface area contributed by atoms with Gasteiger partial charge in [0.05, 0.1) is 0 Å². The molecule has 0 N–H and O–H groups in total. The van der Waals surface area contributed by atoms with E-state index in [0.29, 0.717) is 10.9 Å². The normalized spacial score (nSPS) is 16.6. The summed E-state index contributed by atoms with van der Waals surface area (Å²) in [5.74, 6) is 2.82. The van der Waals surface area contributed by atoms with Crippen LogP contribution in [0.2, 0.25) is 0 Å². The summed E-state index contributed by atoms with van der Waals surface area (Å²) in [7, 11) is 0.535. The lowest BCUT2D eigenvalue weighted by Gasteiger charge is -2.08. The standard InChI is InChI=1S/C14H19S.C2H6/c1-3-14(15-10-6-7-11-15)13-9-5-4-8-12(13)2;1-2/h3-5,8-9H,6-7,10-11H2,1-2H3;1-2H3/q+1;/b14-3+;. The van der Waals surface area contributed by atoms with Gasteiger partial charge in [0, 0.05) is 16.5 Å². The van der Waals surface area contributed by atoms with Crippen molar-refractivity contribution in [2.45, 2.75) is 40.5 Å². The molecule has 1 aliphatic heterocycles. The molecule has 94 valence electrons. The van der Waals surface area contributed by atoms with Crippen LogP contribution in [0.25, 0.3) is 4.91 Å². The Morgan fingerprint density at radius 2 is 1.71 bits per heavy atom. The Bertz CT molecular complexity index is 360. The van der Waals surface area contributed by atoms with Gasteiger partial charge in [0.25, 0.3) is 0 Å². The average Bonchev–Trinajstić information content (AvgIpc) is 2.89. The lowest BCUT2D eigenvalue weighted by Crippen LogP contribution is -2.06. The molecule has 0 aliphatic carbocycles. The first-order valence-corrected chi connectivity index (χ1v) is 8.29. The molecule has 0 aromatic heterocycles. The zero-order chi connectivity index (χ0) is 12.7. The first kappa shape index (κ1) is 14.4. The van der Waals surface area contributed by atoms with E-state index in [-0.39, 0.29) is 0 Å². The van der Waals surface area contributed by atoms with E-state index in [1.165, 1.54) is 35.5 Å². The molecule has 0 radical (unpaired) electrons.